The summed E-state index contributed by atoms with van der Waals surface area (Å²) in [5, 5.41) is 0. The predicted molar refractivity (Wildman–Crippen MR) is 250 cm³/mol. The highest BCUT2D eigenvalue weighted by atomic mass is 16.7. The monoisotopic (exact) mass is 854 g/mol. The van der Waals surface area contributed by atoms with Crippen LogP contribution < -0.4 is 0 Å². The van der Waals surface area contributed by atoms with Crippen LogP contribution in [0.4, 0.5) is 9.59 Å². The zero-order valence-electron chi connectivity index (χ0n) is 40.5. The zero-order valence-corrected chi connectivity index (χ0v) is 40.5. The number of likely N-dealkylation sites (N-methyl/N-ethyl adjacent to an activating group) is 1. The van der Waals surface area contributed by atoms with Crippen LogP contribution >= 0.6 is 0 Å². The Kier molecular flexibility index (Phi) is 43.5. The van der Waals surface area contributed by atoms with Gasteiger partial charge in [0.2, 0.25) is 0 Å². The topological polar surface area (TPSA) is 101 Å². The first-order valence-electron chi connectivity index (χ1n) is 25.7. The smallest absolute Gasteiger partial charge is 0.466 e. The van der Waals surface area contributed by atoms with E-state index < -0.39 is 12.3 Å². The lowest BCUT2D eigenvalue weighted by Gasteiger charge is -2.18. The van der Waals surface area contributed by atoms with E-state index in [2.05, 4.69) is 27.7 Å². The van der Waals surface area contributed by atoms with Crippen molar-refractivity contribution in [2.75, 3.05) is 47.1 Å². The van der Waals surface area contributed by atoms with E-state index in [1.807, 2.05) is 19.0 Å². The van der Waals surface area contributed by atoms with Crippen molar-refractivity contribution in [1.82, 2.24) is 4.90 Å². The number of rotatable bonds is 45. The number of unbranched alkanes of at least 4 members (excludes halogenated alkanes) is 18. The van der Waals surface area contributed by atoms with Crippen molar-refractivity contribution in [3.05, 3.63) is 0 Å². The van der Waals surface area contributed by atoms with Crippen LogP contribution in [0.25, 0.3) is 0 Å². The molecule has 0 aliphatic heterocycles. The van der Waals surface area contributed by atoms with Crippen molar-refractivity contribution in [1.29, 1.82) is 0 Å². The molecule has 0 N–H and O–H groups in total. The first kappa shape index (κ1) is 58.0. The standard InChI is InChI=1S/C51H99NO8/c1-7-11-23-32-46(33-24-12-8-2)36-31-39-49(53)56-42-29-21-17-15-19-27-37-48(60-51(55)59-45-41-52(5)6)38-28-20-16-18-22-30-43-57-50(54)58-44-40-47(34-25-13-9-3)35-26-14-10-4/h46-48H,7-45H2,1-6H3. The minimum atomic E-state index is -0.563. The van der Waals surface area contributed by atoms with Gasteiger partial charge in [0.25, 0.3) is 0 Å². The van der Waals surface area contributed by atoms with Crippen LogP contribution in [0.2, 0.25) is 0 Å². The Hall–Kier alpha value is -2.03. The van der Waals surface area contributed by atoms with Gasteiger partial charge in [-0.2, -0.15) is 0 Å². The Morgan fingerprint density at radius 3 is 1.25 bits per heavy atom. The highest BCUT2D eigenvalue weighted by Crippen LogP contribution is 2.24. The fourth-order valence-corrected chi connectivity index (χ4v) is 8.00. The molecule has 0 amide bonds. The van der Waals surface area contributed by atoms with E-state index >= 15 is 0 Å². The van der Waals surface area contributed by atoms with Gasteiger partial charge < -0.3 is 28.6 Å². The summed E-state index contributed by atoms with van der Waals surface area (Å²) in [5.74, 6) is 1.38. The number of nitrogens with zero attached hydrogens (tertiary/aromatic N) is 1. The van der Waals surface area contributed by atoms with Crippen LogP contribution in [0, 0.1) is 11.8 Å². The summed E-state index contributed by atoms with van der Waals surface area (Å²) in [6, 6.07) is 0. The lowest BCUT2D eigenvalue weighted by molar-refractivity contribution is -0.144. The lowest BCUT2D eigenvalue weighted by Crippen LogP contribution is -2.23. The molecule has 0 aromatic carbocycles. The second-order valence-electron chi connectivity index (χ2n) is 18.0. The molecule has 356 valence electrons. The summed E-state index contributed by atoms with van der Waals surface area (Å²) >= 11 is 0. The molecule has 9 heteroatoms. The maximum absolute atomic E-state index is 12.4. The van der Waals surface area contributed by atoms with E-state index in [-0.39, 0.29) is 12.1 Å². The number of hydrogen-bond acceptors (Lipinski definition) is 9. The van der Waals surface area contributed by atoms with Crippen LogP contribution in [-0.4, -0.2) is 76.4 Å². The number of esters is 1. The molecule has 0 aliphatic rings. The van der Waals surface area contributed by atoms with Gasteiger partial charge in [-0.3, -0.25) is 4.79 Å². The molecule has 0 saturated heterocycles. The average molecular weight is 854 g/mol. The molecular formula is C51H99NO8. The Morgan fingerprint density at radius 2 is 0.767 bits per heavy atom. The molecule has 0 saturated carbocycles. The largest absolute Gasteiger partial charge is 0.508 e. The third-order valence-electron chi connectivity index (χ3n) is 11.9. The minimum absolute atomic E-state index is 0.0320. The first-order chi connectivity index (χ1) is 29.2. The Morgan fingerprint density at radius 1 is 0.383 bits per heavy atom. The fraction of sp³-hybridized carbons (Fsp3) is 0.941. The summed E-state index contributed by atoms with van der Waals surface area (Å²) < 4.78 is 27.4. The second-order valence-corrected chi connectivity index (χ2v) is 18.0. The van der Waals surface area contributed by atoms with E-state index in [0.717, 1.165) is 115 Å². The molecule has 9 nitrogen and oxygen atoms in total. The summed E-state index contributed by atoms with van der Waals surface area (Å²) in [7, 11) is 3.91. The van der Waals surface area contributed by atoms with Crippen LogP contribution in [0.5, 0.6) is 0 Å². The van der Waals surface area contributed by atoms with Gasteiger partial charge >= 0.3 is 18.3 Å². The molecule has 0 bridgehead atoms. The molecule has 1 unspecified atom stereocenters. The maximum Gasteiger partial charge on any atom is 0.508 e. The summed E-state index contributed by atoms with van der Waals surface area (Å²) in [6.07, 6.45) is 37.0. The molecule has 0 radical (unpaired) electrons. The van der Waals surface area contributed by atoms with Gasteiger partial charge in [0, 0.05) is 13.0 Å². The molecule has 0 aliphatic carbocycles. The molecule has 0 fully saturated rings. The van der Waals surface area contributed by atoms with Crippen LogP contribution in [0.1, 0.15) is 246 Å². The lowest BCUT2D eigenvalue weighted by atomic mass is 9.90. The normalized spacial score (nSPS) is 12.0. The van der Waals surface area contributed by atoms with Gasteiger partial charge in [0.1, 0.15) is 12.7 Å². The highest BCUT2D eigenvalue weighted by molar-refractivity contribution is 5.69. The van der Waals surface area contributed by atoms with Gasteiger partial charge in [0.15, 0.2) is 0 Å². The van der Waals surface area contributed by atoms with Crippen LogP contribution in [0.15, 0.2) is 0 Å². The highest BCUT2D eigenvalue weighted by Gasteiger charge is 2.16. The van der Waals surface area contributed by atoms with E-state index in [9.17, 15) is 14.4 Å². The first-order valence-corrected chi connectivity index (χ1v) is 25.7. The van der Waals surface area contributed by atoms with Gasteiger partial charge in [-0.1, -0.05) is 182 Å². The van der Waals surface area contributed by atoms with Gasteiger partial charge in [-0.05, 0) is 83.7 Å². The number of carbonyl (C=O) groups is 3. The Labute approximate surface area is 371 Å². The summed E-state index contributed by atoms with van der Waals surface area (Å²) in [5.41, 5.74) is 0. The summed E-state index contributed by atoms with van der Waals surface area (Å²) in [6.45, 7) is 11.4. The van der Waals surface area contributed by atoms with Crippen LogP contribution in [-0.2, 0) is 28.5 Å². The van der Waals surface area contributed by atoms with Crippen LogP contribution in [0.3, 0.4) is 0 Å². The van der Waals surface area contributed by atoms with Crippen molar-refractivity contribution < 1.29 is 38.1 Å². The van der Waals surface area contributed by atoms with Gasteiger partial charge in [-0.15, -0.1) is 0 Å². The van der Waals surface area contributed by atoms with Crippen molar-refractivity contribution in [2.24, 2.45) is 11.8 Å². The Balaban J connectivity index is 4.22. The molecular weight excluding hydrogens is 755 g/mol. The molecule has 0 spiro atoms. The maximum atomic E-state index is 12.4. The van der Waals surface area contributed by atoms with Gasteiger partial charge in [0.05, 0.1) is 19.8 Å². The van der Waals surface area contributed by atoms with Crippen molar-refractivity contribution in [2.45, 2.75) is 252 Å². The average Bonchev–Trinajstić information content (AvgIpc) is 3.22. The van der Waals surface area contributed by atoms with E-state index in [1.165, 1.54) is 103 Å². The third-order valence-corrected chi connectivity index (χ3v) is 11.9. The van der Waals surface area contributed by atoms with Crippen molar-refractivity contribution >= 4 is 18.3 Å². The number of hydrogen-bond donors (Lipinski definition) is 0. The van der Waals surface area contributed by atoms with E-state index in [4.69, 9.17) is 23.7 Å². The van der Waals surface area contributed by atoms with Gasteiger partial charge in [-0.25, -0.2) is 9.59 Å². The molecule has 60 heavy (non-hydrogen) atoms. The SMILES string of the molecule is CCCCCC(CCCCC)CCCC(=O)OCCCCCCCCC(CCCCCCCCOC(=O)OCCC(CCCCC)CCCCC)OC(=O)OCCN(C)C. The second kappa shape index (κ2) is 45.0. The number of carbonyl (C=O) groups excluding carboxylic acids is 3. The van der Waals surface area contributed by atoms with Crippen molar-refractivity contribution in [3.8, 4) is 0 Å². The van der Waals surface area contributed by atoms with Crippen molar-refractivity contribution in [3.63, 3.8) is 0 Å². The predicted octanol–water partition coefficient (Wildman–Crippen LogP) is 15.3. The van der Waals surface area contributed by atoms with E-state index in [1.54, 1.807) is 0 Å². The minimum Gasteiger partial charge on any atom is -0.466 e. The summed E-state index contributed by atoms with van der Waals surface area (Å²) in [4.78, 5) is 38.9. The number of ether oxygens (including phenoxy) is 5. The molecule has 0 heterocycles. The third kappa shape index (κ3) is 41.3. The Bertz CT molecular complexity index is 866. The molecule has 0 aromatic heterocycles. The zero-order chi connectivity index (χ0) is 44.2. The molecule has 0 aromatic rings. The molecule has 1 atom stereocenters. The van der Waals surface area contributed by atoms with E-state index in [0.29, 0.717) is 45.3 Å². The molecule has 0 rings (SSSR count). The quantitative estimate of drug-likeness (QED) is 0.0337. The fourth-order valence-electron chi connectivity index (χ4n) is 8.00.